The molecular formula is C16H24N2O. The van der Waals surface area contributed by atoms with Crippen LogP contribution < -0.4 is 10.6 Å². The standard InChI is InChI=1S/C16H24N2O/c1-11(2)8-15(17)10-13-4-5-16-14(9-13)6-7-18(16)12(3)19/h4-5,9,11,15H,6-8,10,17H2,1-3H3. The van der Waals surface area contributed by atoms with E-state index in [2.05, 4.69) is 32.0 Å². The van der Waals surface area contributed by atoms with E-state index in [1.807, 2.05) is 4.90 Å². The Morgan fingerprint density at radius 2 is 2.16 bits per heavy atom. The molecule has 1 aliphatic rings. The number of rotatable bonds is 4. The molecule has 1 atom stereocenters. The molecule has 1 unspecified atom stereocenters. The summed E-state index contributed by atoms with van der Waals surface area (Å²) in [5, 5.41) is 0. The molecule has 0 bridgehead atoms. The Morgan fingerprint density at radius 3 is 2.79 bits per heavy atom. The van der Waals surface area contributed by atoms with Crippen LogP contribution in [0.15, 0.2) is 18.2 Å². The Balaban J connectivity index is 2.08. The molecule has 0 radical (unpaired) electrons. The van der Waals surface area contributed by atoms with Crippen molar-refractivity contribution in [2.24, 2.45) is 11.7 Å². The van der Waals surface area contributed by atoms with Crippen LogP contribution in [0, 0.1) is 5.92 Å². The number of fused-ring (bicyclic) bond motifs is 1. The van der Waals surface area contributed by atoms with Gasteiger partial charge in [0.25, 0.3) is 0 Å². The predicted octanol–water partition coefficient (Wildman–Crippen LogP) is 2.51. The highest BCUT2D eigenvalue weighted by Crippen LogP contribution is 2.29. The third-order valence-electron chi connectivity index (χ3n) is 3.69. The second kappa shape index (κ2) is 5.74. The minimum absolute atomic E-state index is 0.128. The number of carbonyl (C=O) groups is 1. The number of amides is 1. The molecule has 1 aromatic rings. The minimum atomic E-state index is 0.128. The lowest BCUT2D eigenvalue weighted by atomic mass is 9.96. The first kappa shape index (κ1) is 14.1. The van der Waals surface area contributed by atoms with Crippen molar-refractivity contribution in [1.82, 2.24) is 0 Å². The largest absolute Gasteiger partial charge is 0.327 e. The van der Waals surface area contributed by atoms with Gasteiger partial charge < -0.3 is 10.6 Å². The highest BCUT2D eigenvalue weighted by Gasteiger charge is 2.22. The summed E-state index contributed by atoms with van der Waals surface area (Å²) in [6.45, 7) is 6.84. The van der Waals surface area contributed by atoms with E-state index in [4.69, 9.17) is 5.73 Å². The number of benzene rings is 1. The van der Waals surface area contributed by atoms with Crippen LogP contribution in [-0.2, 0) is 17.6 Å². The van der Waals surface area contributed by atoms with Gasteiger partial charge in [0.1, 0.15) is 0 Å². The lowest BCUT2D eigenvalue weighted by Crippen LogP contribution is -2.26. The average molecular weight is 260 g/mol. The Morgan fingerprint density at radius 1 is 1.42 bits per heavy atom. The molecule has 0 aromatic heterocycles. The summed E-state index contributed by atoms with van der Waals surface area (Å²) < 4.78 is 0. The van der Waals surface area contributed by atoms with Crippen molar-refractivity contribution in [2.75, 3.05) is 11.4 Å². The number of hydrogen-bond acceptors (Lipinski definition) is 2. The van der Waals surface area contributed by atoms with E-state index in [1.165, 1.54) is 11.1 Å². The molecule has 0 fully saturated rings. The van der Waals surface area contributed by atoms with E-state index in [1.54, 1.807) is 6.92 Å². The van der Waals surface area contributed by atoms with Crippen molar-refractivity contribution in [3.63, 3.8) is 0 Å². The first-order chi connectivity index (χ1) is 8.97. The number of nitrogens with two attached hydrogens (primary N) is 1. The molecule has 19 heavy (non-hydrogen) atoms. The zero-order valence-corrected chi connectivity index (χ0v) is 12.1. The minimum Gasteiger partial charge on any atom is -0.327 e. The third-order valence-corrected chi connectivity index (χ3v) is 3.69. The van der Waals surface area contributed by atoms with E-state index < -0.39 is 0 Å². The second-order valence-corrected chi connectivity index (χ2v) is 5.98. The van der Waals surface area contributed by atoms with Crippen molar-refractivity contribution < 1.29 is 4.79 Å². The molecule has 1 amide bonds. The average Bonchev–Trinajstić information content (AvgIpc) is 2.70. The summed E-state index contributed by atoms with van der Waals surface area (Å²) >= 11 is 0. The van der Waals surface area contributed by atoms with Gasteiger partial charge in [0, 0.05) is 25.2 Å². The summed E-state index contributed by atoms with van der Waals surface area (Å²) in [6.07, 6.45) is 2.93. The molecule has 0 saturated carbocycles. The molecule has 1 heterocycles. The molecule has 1 aromatic carbocycles. The Kier molecular flexibility index (Phi) is 4.25. The summed E-state index contributed by atoms with van der Waals surface area (Å²) in [7, 11) is 0. The van der Waals surface area contributed by atoms with Crippen LogP contribution in [0.5, 0.6) is 0 Å². The molecule has 2 N–H and O–H groups in total. The Bertz CT molecular complexity index is 468. The summed E-state index contributed by atoms with van der Waals surface area (Å²) in [5.41, 5.74) is 9.81. The third kappa shape index (κ3) is 3.35. The maximum absolute atomic E-state index is 11.5. The van der Waals surface area contributed by atoms with Crippen LogP contribution in [0.2, 0.25) is 0 Å². The maximum atomic E-state index is 11.5. The number of hydrogen-bond donors (Lipinski definition) is 1. The smallest absolute Gasteiger partial charge is 0.223 e. The number of carbonyl (C=O) groups excluding carboxylic acids is 1. The van der Waals surface area contributed by atoms with Gasteiger partial charge in [-0.3, -0.25) is 4.79 Å². The SMILES string of the molecule is CC(=O)N1CCc2cc(CC(N)CC(C)C)ccc21. The van der Waals surface area contributed by atoms with Gasteiger partial charge >= 0.3 is 0 Å². The number of anilines is 1. The van der Waals surface area contributed by atoms with E-state index in [0.29, 0.717) is 5.92 Å². The fraction of sp³-hybridized carbons (Fsp3) is 0.562. The topological polar surface area (TPSA) is 46.3 Å². The van der Waals surface area contributed by atoms with E-state index in [0.717, 1.165) is 31.5 Å². The van der Waals surface area contributed by atoms with Crippen molar-refractivity contribution in [1.29, 1.82) is 0 Å². The van der Waals surface area contributed by atoms with Gasteiger partial charge in [-0.05, 0) is 42.4 Å². The van der Waals surface area contributed by atoms with E-state index >= 15 is 0 Å². The van der Waals surface area contributed by atoms with E-state index in [-0.39, 0.29) is 11.9 Å². The zero-order valence-electron chi connectivity index (χ0n) is 12.1. The predicted molar refractivity (Wildman–Crippen MR) is 79.3 cm³/mol. The molecule has 104 valence electrons. The normalized spacial score (nSPS) is 15.7. The first-order valence-electron chi connectivity index (χ1n) is 7.13. The molecule has 0 spiro atoms. The molecule has 2 rings (SSSR count). The fourth-order valence-corrected chi connectivity index (χ4v) is 2.90. The van der Waals surface area contributed by atoms with Crippen LogP contribution in [-0.4, -0.2) is 18.5 Å². The molecule has 3 heteroatoms. The first-order valence-corrected chi connectivity index (χ1v) is 7.13. The van der Waals surface area contributed by atoms with Gasteiger partial charge in [0.15, 0.2) is 0 Å². The summed E-state index contributed by atoms with van der Waals surface area (Å²) in [6, 6.07) is 6.63. The lowest BCUT2D eigenvalue weighted by molar-refractivity contribution is -0.116. The quantitative estimate of drug-likeness (QED) is 0.904. The molecule has 0 aliphatic carbocycles. The highest BCUT2D eigenvalue weighted by atomic mass is 16.2. The van der Waals surface area contributed by atoms with Crippen LogP contribution in [0.4, 0.5) is 5.69 Å². The van der Waals surface area contributed by atoms with Crippen molar-refractivity contribution in [3.05, 3.63) is 29.3 Å². The van der Waals surface area contributed by atoms with Crippen molar-refractivity contribution in [3.8, 4) is 0 Å². The van der Waals surface area contributed by atoms with Gasteiger partial charge in [-0.15, -0.1) is 0 Å². The van der Waals surface area contributed by atoms with Gasteiger partial charge in [-0.25, -0.2) is 0 Å². The Hall–Kier alpha value is -1.35. The summed E-state index contributed by atoms with van der Waals surface area (Å²) in [4.78, 5) is 13.4. The van der Waals surface area contributed by atoms with Crippen LogP contribution in [0.25, 0.3) is 0 Å². The summed E-state index contributed by atoms with van der Waals surface area (Å²) in [5.74, 6) is 0.764. The highest BCUT2D eigenvalue weighted by molar-refractivity contribution is 5.93. The van der Waals surface area contributed by atoms with E-state index in [9.17, 15) is 4.79 Å². The molecular weight excluding hydrogens is 236 g/mol. The van der Waals surface area contributed by atoms with Crippen molar-refractivity contribution >= 4 is 11.6 Å². The van der Waals surface area contributed by atoms with Gasteiger partial charge in [-0.1, -0.05) is 26.0 Å². The maximum Gasteiger partial charge on any atom is 0.223 e. The van der Waals surface area contributed by atoms with Crippen LogP contribution in [0.1, 0.15) is 38.3 Å². The molecule has 3 nitrogen and oxygen atoms in total. The zero-order chi connectivity index (χ0) is 14.0. The monoisotopic (exact) mass is 260 g/mol. The van der Waals surface area contributed by atoms with Crippen LogP contribution >= 0.6 is 0 Å². The second-order valence-electron chi connectivity index (χ2n) is 5.98. The number of nitrogens with zero attached hydrogens (tertiary/aromatic N) is 1. The van der Waals surface area contributed by atoms with Crippen LogP contribution in [0.3, 0.4) is 0 Å². The molecule has 1 aliphatic heterocycles. The van der Waals surface area contributed by atoms with Gasteiger partial charge in [-0.2, -0.15) is 0 Å². The van der Waals surface area contributed by atoms with Crippen molar-refractivity contribution in [2.45, 2.75) is 46.1 Å². The lowest BCUT2D eigenvalue weighted by Gasteiger charge is -2.16. The fourth-order valence-electron chi connectivity index (χ4n) is 2.90. The van der Waals surface area contributed by atoms with Gasteiger partial charge in [0.05, 0.1) is 0 Å². The Labute approximate surface area is 115 Å². The molecule has 0 saturated heterocycles. The van der Waals surface area contributed by atoms with Gasteiger partial charge in [0.2, 0.25) is 5.91 Å².